The number of aryl methyl sites for hydroxylation is 1. The van der Waals surface area contributed by atoms with Crippen LogP contribution in [0.1, 0.15) is 0 Å². The Kier molecular flexibility index (Phi) is 0.886. The van der Waals surface area contributed by atoms with Gasteiger partial charge in [0.25, 0.3) is 0 Å². The minimum atomic E-state index is 0.664. The second kappa shape index (κ2) is 1.82. The highest BCUT2D eigenvalue weighted by atomic mass is 14.9. The second-order valence-corrected chi connectivity index (χ2v) is 1.67. The molecular weight excluding hydrogens is 100 g/mol. The molecule has 1 aromatic heterocycles. The van der Waals surface area contributed by atoms with Gasteiger partial charge in [0, 0.05) is 13.2 Å². The molecule has 0 aliphatic carbocycles. The lowest BCUT2D eigenvalue weighted by Gasteiger charge is -1.92. The number of nitrogens with zero attached hydrogens (tertiary/aromatic N) is 1. The van der Waals surface area contributed by atoms with Crippen LogP contribution in [0.4, 0.5) is 0 Å². The van der Waals surface area contributed by atoms with Gasteiger partial charge in [-0.1, -0.05) is 6.07 Å². The van der Waals surface area contributed by atoms with Gasteiger partial charge in [0.1, 0.15) is 5.49 Å². The number of aromatic nitrogens is 1. The molecular formula is C6H8N2. The molecule has 0 radical (unpaired) electrons. The summed E-state index contributed by atoms with van der Waals surface area (Å²) in [5.74, 6) is 0. The van der Waals surface area contributed by atoms with Crippen LogP contribution < -0.4 is 5.49 Å². The molecule has 0 atom stereocenters. The first kappa shape index (κ1) is 3.89. The van der Waals surface area contributed by atoms with Gasteiger partial charge in [0.05, 0.1) is 0 Å². The van der Waals surface area contributed by atoms with E-state index in [1.807, 2.05) is 25.4 Å². The van der Waals surface area contributed by atoms with Crippen LogP contribution in [0.15, 0.2) is 24.4 Å². The van der Waals surface area contributed by atoms with Crippen molar-refractivity contribution in [3.63, 3.8) is 0 Å². The third kappa shape index (κ3) is 0.780. The van der Waals surface area contributed by atoms with Crippen molar-refractivity contribution in [1.82, 2.24) is 4.57 Å². The van der Waals surface area contributed by atoms with Crippen LogP contribution in [-0.2, 0) is 7.05 Å². The Morgan fingerprint density at radius 1 is 1.75 bits per heavy atom. The Hall–Kier alpha value is -1.05. The lowest BCUT2D eigenvalue weighted by atomic mass is 10.5. The molecule has 0 unspecified atom stereocenters. The van der Waals surface area contributed by atoms with Crippen LogP contribution in [-0.4, -0.2) is 4.57 Å². The molecule has 2 nitrogen and oxygen atoms in total. The first-order chi connectivity index (χ1) is 4.34. The number of rotatable bonds is 0. The van der Waals surface area contributed by atoms with E-state index in [1.54, 1.807) is 10.6 Å². The molecule has 0 aliphatic heterocycles. The molecule has 2 heteroatoms. The summed E-state index contributed by atoms with van der Waals surface area (Å²) in [5, 5.41) is 3.28. The molecule has 0 aliphatic rings. The lowest BCUT2D eigenvalue weighted by Crippen LogP contribution is -2.12. The third-order valence-corrected chi connectivity index (χ3v) is 1.03. The van der Waals surface area contributed by atoms with Crippen molar-refractivity contribution in [3.05, 3.63) is 29.9 Å². The molecule has 1 rings (SSSR count). The predicted octanol–water partition coefficient (Wildman–Crippen LogP) is 0.505. The summed E-state index contributed by atoms with van der Waals surface area (Å²) in [6.07, 6.45) is 1.85. The normalized spacial score (nSPS) is 13.6. The van der Waals surface area contributed by atoms with Gasteiger partial charge in [-0.05, 0) is 12.1 Å². The maximum absolute atomic E-state index is 6.69. The molecule has 0 fully saturated rings. The van der Waals surface area contributed by atoms with Crippen molar-refractivity contribution in [2.45, 2.75) is 0 Å². The van der Waals surface area contributed by atoms with E-state index in [4.69, 9.17) is 1.41 Å². The van der Waals surface area contributed by atoms with E-state index in [2.05, 4.69) is 5.40 Å². The fourth-order valence-corrected chi connectivity index (χ4v) is 0.514. The fraction of sp³-hybridized carbons (Fsp3) is 0.167. The minimum absolute atomic E-state index is 0.664. The Morgan fingerprint density at radius 2 is 2.62 bits per heavy atom. The predicted molar refractivity (Wildman–Crippen MR) is 31.3 cm³/mol. The molecule has 0 bridgehead atoms. The minimum Gasteiger partial charge on any atom is -0.337 e. The average Bonchev–Trinajstić information content (AvgIpc) is 1.89. The highest BCUT2D eigenvalue weighted by molar-refractivity contribution is 4.90. The number of hydrogen-bond acceptors (Lipinski definition) is 1. The summed E-state index contributed by atoms with van der Waals surface area (Å²) in [5.41, 5.74) is 0.664. The molecule has 0 saturated heterocycles. The summed E-state index contributed by atoms with van der Waals surface area (Å²) in [6.45, 7) is 0. The van der Waals surface area contributed by atoms with Crippen LogP contribution in [0.25, 0.3) is 0 Å². The van der Waals surface area contributed by atoms with E-state index >= 15 is 0 Å². The third-order valence-electron chi connectivity index (χ3n) is 1.03. The first-order valence-corrected chi connectivity index (χ1v) is 2.44. The van der Waals surface area contributed by atoms with Crippen molar-refractivity contribution in [1.29, 1.82) is 5.40 Å². The average molecular weight is 109 g/mol. The fourth-order valence-electron chi connectivity index (χ4n) is 0.514. The maximum atomic E-state index is 6.69. The summed E-state index contributed by atoms with van der Waals surface area (Å²) in [7, 11) is 1.85. The highest BCUT2D eigenvalue weighted by Gasteiger charge is 1.75. The van der Waals surface area contributed by atoms with Crippen molar-refractivity contribution in [2.24, 2.45) is 7.05 Å². The topological polar surface area (TPSA) is 28.8 Å². The maximum Gasteiger partial charge on any atom is 0.189 e. The number of hydrogen-bond donors (Lipinski definition) is 1. The van der Waals surface area contributed by atoms with Crippen molar-refractivity contribution in [2.75, 3.05) is 0 Å². The highest BCUT2D eigenvalue weighted by Crippen LogP contribution is 1.73. The zero-order valence-electron chi connectivity index (χ0n) is 5.70. The zero-order valence-corrected chi connectivity index (χ0v) is 4.70. The van der Waals surface area contributed by atoms with Crippen LogP contribution in [0.5, 0.6) is 0 Å². The van der Waals surface area contributed by atoms with Gasteiger partial charge >= 0.3 is 0 Å². The van der Waals surface area contributed by atoms with Crippen LogP contribution >= 0.6 is 0 Å². The molecule has 0 saturated carbocycles. The van der Waals surface area contributed by atoms with Gasteiger partial charge < -0.3 is 4.57 Å². The van der Waals surface area contributed by atoms with E-state index in [1.165, 1.54) is 0 Å². The molecule has 0 spiro atoms. The second-order valence-electron chi connectivity index (χ2n) is 1.67. The summed E-state index contributed by atoms with van der Waals surface area (Å²) in [4.78, 5) is 0. The van der Waals surface area contributed by atoms with Gasteiger partial charge in [-0.25, -0.2) is 0 Å². The van der Waals surface area contributed by atoms with E-state index in [-0.39, 0.29) is 0 Å². The van der Waals surface area contributed by atoms with Crippen molar-refractivity contribution in [3.8, 4) is 0 Å². The Morgan fingerprint density at radius 3 is 3.12 bits per heavy atom. The van der Waals surface area contributed by atoms with Crippen molar-refractivity contribution >= 4 is 0 Å². The van der Waals surface area contributed by atoms with E-state index in [9.17, 15) is 0 Å². The molecule has 8 heavy (non-hydrogen) atoms. The monoisotopic (exact) mass is 109 g/mol. The van der Waals surface area contributed by atoms with E-state index in [0.717, 1.165) is 0 Å². The summed E-state index contributed by atoms with van der Waals surface area (Å²) >= 11 is 0. The van der Waals surface area contributed by atoms with Crippen LogP contribution in [0.2, 0.25) is 1.41 Å². The largest absolute Gasteiger partial charge is 0.337 e. The quantitative estimate of drug-likeness (QED) is 0.503. The molecule has 1 aromatic rings. The van der Waals surface area contributed by atoms with Gasteiger partial charge in [0.15, 0.2) is 1.41 Å². The Balaban J connectivity index is 3.33. The lowest BCUT2D eigenvalue weighted by molar-refractivity contribution is 0.817. The molecule has 1 N–H and O–H groups in total. The first-order valence-electron chi connectivity index (χ1n) is 2.89. The smallest absolute Gasteiger partial charge is 0.189 e. The van der Waals surface area contributed by atoms with Gasteiger partial charge in [-0.3, -0.25) is 5.40 Å². The van der Waals surface area contributed by atoms with E-state index < -0.39 is 0 Å². The Bertz CT molecular complexity index is 251. The molecule has 1 heterocycles. The van der Waals surface area contributed by atoms with E-state index in [0.29, 0.717) is 5.49 Å². The van der Waals surface area contributed by atoms with Crippen LogP contribution in [0, 0.1) is 5.40 Å². The molecule has 42 valence electrons. The SMILES string of the molecule is [2H]N=c1ccccn1C. The Labute approximate surface area is 49.4 Å². The number of nitrogens with one attached hydrogen (secondary N) is 1. The van der Waals surface area contributed by atoms with Gasteiger partial charge in [-0.15, -0.1) is 0 Å². The standard InChI is InChI=1S/C6H8N2/c1-8-5-3-2-4-6(8)7/h2-5,7H,1H3/i/hD. The molecule has 0 aromatic carbocycles. The van der Waals surface area contributed by atoms with Gasteiger partial charge in [-0.2, -0.15) is 0 Å². The summed E-state index contributed by atoms with van der Waals surface area (Å²) in [6, 6.07) is 5.54. The van der Waals surface area contributed by atoms with Crippen LogP contribution in [0.3, 0.4) is 0 Å². The summed E-state index contributed by atoms with van der Waals surface area (Å²) < 4.78 is 8.47. The van der Waals surface area contributed by atoms with Gasteiger partial charge in [0.2, 0.25) is 0 Å². The zero-order chi connectivity index (χ0) is 6.69. The number of pyridine rings is 1. The van der Waals surface area contributed by atoms with Crippen molar-refractivity contribution < 1.29 is 1.41 Å². The molecule has 0 amide bonds.